The first-order valence-corrected chi connectivity index (χ1v) is 7.70. The summed E-state index contributed by atoms with van der Waals surface area (Å²) in [6, 6.07) is 4.90. The van der Waals surface area contributed by atoms with Crippen molar-refractivity contribution >= 4 is 27.3 Å². The van der Waals surface area contributed by atoms with Crippen LogP contribution in [0.15, 0.2) is 18.2 Å². The lowest BCUT2D eigenvalue weighted by Crippen LogP contribution is -2.13. The van der Waals surface area contributed by atoms with Crippen LogP contribution in [0.4, 0.5) is 11.4 Å². The Balaban J connectivity index is 2.74. The van der Waals surface area contributed by atoms with E-state index < -0.39 is 10.0 Å². The fraction of sp³-hybridized carbons (Fsp3) is 0.417. The van der Waals surface area contributed by atoms with Crippen LogP contribution in [0.3, 0.4) is 0 Å². The summed E-state index contributed by atoms with van der Waals surface area (Å²) in [5.74, 6) is -0.183. The number of aliphatic hydroxyl groups excluding tert-OH is 1. The number of carbonyl (C=O) groups is 1. The van der Waals surface area contributed by atoms with Gasteiger partial charge in [0.25, 0.3) is 0 Å². The standard InChI is InChI=1S/C12H18N2O4S/c1-9-8-10(13-12(16)4-3-7-15)5-6-11(9)14-19(2,17)18/h5-6,8,14-15H,3-4,7H2,1-2H3,(H,13,16). The molecule has 1 amide bonds. The maximum atomic E-state index is 11.5. The summed E-state index contributed by atoms with van der Waals surface area (Å²) in [7, 11) is -3.31. The first kappa shape index (κ1) is 15.5. The smallest absolute Gasteiger partial charge is 0.229 e. The molecule has 0 bridgehead atoms. The fourth-order valence-corrected chi connectivity index (χ4v) is 2.15. The molecule has 0 atom stereocenters. The van der Waals surface area contributed by atoms with E-state index in [0.717, 1.165) is 6.26 Å². The van der Waals surface area contributed by atoms with Gasteiger partial charge in [-0.15, -0.1) is 0 Å². The van der Waals surface area contributed by atoms with Crippen LogP contribution in [0.2, 0.25) is 0 Å². The van der Waals surface area contributed by atoms with E-state index in [9.17, 15) is 13.2 Å². The van der Waals surface area contributed by atoms with E-state index in [0.29, 0.717) is 23.4 Å². The number of rotatable bonds is 6. The van der Waals surface area contributed by atoms with Crippen molar-refractivity contribution in [2.24, 2.45) is 0 Å². The number of anilines is 2. The lowest BCUT2D eigenvalue weighted by molar-refractivity contribution is -0.116. The quantitative estimate of drug-likeness (QED) is 0.729. The second-order valence-electron chi connectivity index (χ2n) is 4.28. The lowest BCUT2D eigenvalue weighted by atomic mass is 10.2. The van der Waals surface area contributed by atoms with Gasteiger partial charge < -0.3 is 10.4 Å². The van der Waals surface area contributed by atoms with Crippen LogP contribution in [0.25, 0.3) is 0 Å². The number of nitrogens with one attached hydrogen (secondary N) is 2. The molecule has 1 aromatic carbocycles. The van der Waals surface area contributed by atoms with E-state index in [1.165, 1.54) is 0 Å². The van der Waals surface area contributed by atoms with Crippen molar-refractivity contribution in [1.29, 1.82) is 0 Å². The van der Waals surface area contributed by atoms with E-state index in [2.05, 4.69) is 10.0 Å². The van der Waals surface area contributed by atoms with Gasteiger partial charge in [-0.05, 0) is 37.1 Å². The normalized spacial score (nSPS) is 11.1. The fourth-order valence-electron chi connectivity index (χ4n) is 1.52. The zero-order valence-corrected chi connectivity index (χ0v) is 11.8. The number of benzene rings is 1. The van der Waals surface area contributed by atoms with Gasteiger partial charge >= 0.3 is 0 Å². The first-order valence-electron chi connectivity index (χ1n) is 5.81. The topological polar surface area (TPSA) is 95.5 Å². The van der Waals surface area contributed by atoms with Crippen LogP contribution in [-0.4, -0.2) is 32.3 Å². The third-order valence-corrected chi connectivity index (χ3v) is 2.96. The number of hydrogen-bond acceptors (Lipinski definition) is 4. The number of aliphatic hydroxyl groups is 1. The molecule has 7 heteroatoms. The molecule has 0 aromatic heterocycles. The molecule has 6 nitrogen and oxygen atoms in total. The Kier molecular flexibility index (Phi) is 5.31. The second kappa shape index (κ2) is 6.53. The monoisotopic (exact) mass is 286 g/mol. The van der Waals surface area contributed by atoms with E-state index in [1.54, 1.807) is 25.1 Å². The van der Waals surface area contributed by atoms with Crippen molar-refractivity contribution in [3.8, 4) is 0 Å². The van der Waals surface area contributed by atoms with Crippen LogP contribution in [0, 0.1) is 6.92 Å². The van der Waals surface area contributed by atoms with Crippen molar-refractivity contribution in [3.05, 3.63) is 23.8 Å². The van der Waals surface area contributed by atoms with Crippen LogP contribution >= 0.6 is 0 Å². The molecular weight excluding hydrogens is 268 g/mol. The number of sulfonamides is 1. The predicted molar refractivity (Wildman–Crippen MR) is 74.6 cm³/mol. The average molecular weight is 286 g/mol. The zero-order valence-electron chi connectivity index (χ0n) is 10.9. The molecule has 0 fully saturated rings. The molecule has 19 heavy (non-hydrogen) atoms. The van der Waals surface area contributed by atoms with Gasteiger partial charge in [-0.1, -0.05) is 0 Å². The van der Waals surface area contributed by atoms with Gasteiger partial charge in [-0.3, -0.25) is 9.52 Å². The highest BCUT2D eigenvalue weighted by Gasteiger charge is 2.07. The third kappa shape index (κ3) is 5.71. The van der Waals surface area contributed by atoms with E-state index in [4.69, 9.17) is 5.11 Å². The summed E-state index contributed by atoms with van der Waals surface area (Å²) in [6.07, 6.45) is 1.74. The molecule has 0 heterocycles. The molecule has 0 saturated carbocycles. The minimum absolute atomic E-state index is 0.0241. The summed E-state index contributed by atoms with van der Waals surface area (Å²) >= 11 is 0. The summed E-state index contributed by atoms with van der Waals surface area (Å²) in [4.78, 5) is 11.5. The molecule has 0 saturated heterocycles. The van der Waals surface area contributed by atoms with Gasteiger partial charge in [0.05, 0.1) is 11.9 Å². The maximum absolute atomic E-state index is 11.5. The largest absolute Gasteiger partial charge is 0.396 e. The molecule has 0 radical (unpaired) electrons. The Morgan fingerprint density at radius 2 is 2.05 bits per heavy atom. The highest BCUT2D eigenvalue weighted by atomic mass is 32.2. The molecule has 0 spiro atoms. The summed E-state index contributed by atoms with van der Waals surface area (Å²) < 4.78 is 24.6. The van der Waals surface area contributed by atoms with Crippen molar-refractivity contribution in [3.63, 3.8) is 0 Å². The molecule has 106 valence electrons. The molecule has 3 N–H and O–H groups in total. The van der Waals surface area contributed by atoms with Crippen molar-refractivity contribution in [2.75, 3.05) is 22.9 Å². The Morgan fingerprint density at radius 1 is 1.37 bits per heavy atom. The molecule has 0 aliphatic heterocycles. The lowest BCUT2D eigenvalue weighted by Gasteiger charge is -2.10. The number of carbonyl (C=O) groups excluding carboxylic acids is 1. The molecule has 0 unspecified atom stereocenters. The molecule has 1 aromatic rings. The number of amides is 1. The first-order chi connectivity index (χ1) is 8.81. The molecular formula is C12H18N2O4S. The molecule has 0 aliphatic rings. The van der Waals surface area contributed by atoms with Crippen LogP contribution < -0.4 is 10.0 Å². The van der Waals surface area contributed by atoms with Gasteiger partial charge in [0.1, 0.15) is 0 Å². The van der Waals surface area contributed by atoms with Crippen molar-refractivity contribution in [1.82, 2.24) is 0 Å². The Morgan fingerprint density at radius 3 is 2.58 bits per heavy atom. The van der Waals surface area contributed by atoms with Crippen LogP contribution in [0.1, 0.15) is 18.4 Å². The highest BCUT2D eigenvalue weighted by molar-refractivity contribution is 7.92. The SMILES string of the molecule is Cc1cc(NC(=O)CCCO)ccc1NS(C)(=O)=O. The highest BCUT2D eigenvalue weighted by Crippen LogP contribution is 2.20. The predicted octanol–water partition coefficient (Wildman–Crippen LogP) is 1.08. The van der Waals surface area contributed by atoms with E-state index >= 15 is 0 Å². The van der Waals surface area contributed by atoms with E-state index in [-0.39, 0.29) is 18.9 Å². The number of aryl methyl sites for hydroxylation is 1. The molecule has 1 rings (SSSR count). The average Bonchev–Trinajstić information content (AvgIpc) is 2.28. The van der Waals surface area contributed by atoms with Gasteiger partial charge in [0, 0.05) is 18.7 Å². The van der Waals surface area contributed by atoms with E-state index in [1.807, 2.05) is 0 Å². The Labute approximate surface area is 112 Å². The van der Waals surface area contributed by atoms with Crippen LogP contribution in [-0.2, 0) is 14.8 Å². The van der Waals surface area contributed by atoms with Gasteiger partial charge in [0.15, 0.2) is 0 Å². The number of hydrogen-bond donors (Lipinski definition) is 3. The maximum Gasteiger partial charge on any atom is 0.229 e. The minimum Gasteiger partial charge on any atom is -0.396 e. The van der Waals surface area contributed by atoms with Gasteiger partial charge in [0.2, 0.25) is 15.9 Å². The second-order valence-corrected chi connectivity index (χ2v) is 6.03. The molecule has 0 aliphatic carbocycles. The Bertz CT molecular complexity index is 555. The summed E-state index contributed by atoms with van der Waals surface area (Å²) in [5.41, 5.74) is 1.79. The summed E-state index contributed by atoms with van der Waals surface area (Å²) in [5, 5.41) is 11.3. The van der Waals surface area contributed by atoms with Gasteiger partial charge in [-0.2, -0.15) is 0 Å². The van der Waals surface area contributed by atoms with Crippen LogP contribution in [0.5, 0.6) is 0 Å². The zero-order chi connectivity index (χ0) is 14.5. The third-order valence-electron chi connectivity index (χ3n) is 2.37. The Hall–Kier alpha value is -1.60. The van der Waals surface area contributed by atoms with Gasteiger partial charge in [-0.25, -0.2) is 8.42 Å². The minimum atomic E-state index is -3.31. The summed E-state index contributed by atoms with van der Waals surface area (Å²) in [6.45, 7) is 1.72. The van der Waals surface area contributed by atoms with Crippen molar-refractivity contribution < 1.29 is 18.3 Å². The van der Waals surface area contributed by atoms with Crippen molar-refractivity contribution in [2.45, 2.75) is 19.8 Å².